The van der Waals surface area contributed by atoms with Crippen LogP contribution in [0, 0.1) is 0 Å². The van der Waals surface area contributed by atoms with Crippen LogP contribution in [0.15, 0.2) is 49.8 Å². The summed E-state index contributed by atoms with van der Waals surface area (Å²) in [6, 6.07) is 10.7. The maximum Gasteiger partial charge on any atom is 0.306 e. The Morgan fingerprint density at radius 3 is 2.37 bits per heavy atom. The lowest BCUT2D eigenvalue weighted by Crippen LogP contribution is -2.24. The van der Waals surface area contributed by atoms with E-state index in [4.69, 9.17) is 13.9 Å². The number of esters is 1. The van der Waals surface area contributed by atoms with Crippen molar-refractivity contribution in [2.24, 2.45) is 0 Å². The second-order valence-electron chi connectivity index (χ2n) is 7.76. The van der Waals surface area contributed by atoms with E-state index in [0.29, 0.717) is 42.6 Å². The fourth-order valence-electron chi connectivity index (χ4n) is 3.16. The lowest BCUT2D eigenvalue weighted by atomic mass is 9.98. The number of halogens is 2. The average molecular weight is 538 g/mol. The summed E-state index contributed by atoms with van der Waals surface area (Å²) < 4.78 is 18.2. The predicted molar refractivity (Wildman–Crippen MR) is 122 cm³/mol. The lowest BCUT2D eigenvalue weighted by Gasteiger charge is -2.19. The standard InChI is InChI=1S/C23H22Br2O5/c1-23(2,3)30-17(26)11-10-15-19(21(27)13-8-6-5-7-9-13)18-16(29-15)12-14(24)22(28-4)20(18)25/h5-9,12H,10-11H2,1-4H3. The molecular formula is C23H22Br2O5. The summed E-state index contributed by atoms with van der Waals surface area (Å²) in [4.78, 5) is 25.6. The molecule has 3 rings (SSSR count). The molecule has 0 bridgehead atoms. The van der Waals surface area contributed by atoms with Crippen molar-refractivity contribution in [1.29, 1.82) is 0 Å². The average Bonchev–Trinajstić information content (AvgIpc) is 3.04. The van der Waals surface area contributed by atoms with E-state index in [1.807, 2.05) is 39.0 Å². The van der Waals surface area contributed by atoms with Gasteiger partial charge in [0.2, 0.25) is 0 Å². The molecule has 0 atom stereocenters. The summed E-state index contributed by atoms with van der Waals surface area (Å²) in [5.41, 5.74) is 0.896. The molecule has 0 fully saturated rings. The van der Waals surface area contributed by atoms with E-state index in [0.717, 1.165) is 0 Å². The maximum atomic E-state index is 13.4. The number of hydrogen-bond acceptors (Lipinski definition) is 5. The summed E-state index contributed by atoms with van der Waals surface area (Å²) in [5.74, 6) is 0.465. The van der Waals surface area contributed by atoms with Crippen molar-refractivity contribution >= 4 is 54.6 Å². The van der Waals surface area contributed by atoms with Crippen LogP contribution < -0.4 is 4.74 Å². The monoisotopic (exact) mass is 536 g/mol. The number of hydrogen-bond donors (Lipinski definition) is 0. The Labute approximate surface area is 192 Å². The molecule has 1 heterocycles. The fraction of sp³-hybridized carbons (Fsp3) is 0.304. The Bertz CT molecular complexity index is 1090. The van der Waals surface area contributed by atoms with Gasteiger partial charge in [0.15, 0.2) is 5.78 Å². The molecule has 0 aliphatic rings. The van der Waals surface area contributed by atoms with Crippen molar-refractivity contribution in [2.45, 2.75) is 39.2 Å². The van der Waals surface area contributed by atoms with Crippen LogP contribution in [0.3, 0.4) is 0 Å². The third kappa shape index (κ3) is 4.78. The van der Waals surface area contributed by atoms with Gasteiger partial charge in [-0.1, -0.05) is 30.3 Å². The van der Waals surface area contributed by atoms with Crippen LogP contribution in [0.4, 0.5) is 0 Å². The van der Waals surface area contributed by atoms with Crippen LogP contribution in [0.5, 0.6) is 5.75 Å². The Kier molecular flexibility index (Phi) is 6.72. The molecule has 0 spiro atoms. The highest BCUT2D eigenvalue weighted by atomic mass is 79.9. The van der Waals surface area contributed by atoms with Gasteiger partial charge >= 0.3 is 5.97 Å². The van der Waals surface area contributed by atoms with E-state index in [-0.39, 0.29) is 24.6 Å². The van der Waals surface area contributed by atoms with Gasteiger partial charge in [-0.15, -0.1) is 0 Å². The van der Waals surface area contributed by atoms with Crippen LogP contribution in [0.1, 0.15) is 48.9 Å². The van der Waals surface area contributed by atoms with Crippen molar-refractivity contribution in [3.63, 3.8) is 0 Å². The molecule has 3 aromatic rings. The minimum absolute atomic E-state index is 0.0993. The minimum atomic E-state index is -0.574. The van der Waals surface area contributed by atoms with Crippen molar-refractivity contribution in [3.8, 4) is 5.75 Å². The molecule has 5 nitrogen and oxygen atoms in total. The molecular weight excluding hydrogens is 516 g/mol. The molecule has 0 unspecified atom stereocenters. The number of benzene rings is 2. The van der Waals surface area contributed by atoms with Crippen molar-refractivity contribution < 1.29 is 23.5 Å². The van der Waals surface area contributed by atoms with Gasteiger partial charge in [-0.25, -0.2) is 0 Å². The molecule has 0 aliphatic heterocycles. The van der Waals surface area contributed by atoms with Crippen LogP contribution in [0.25, 0.3) is 11.0 Å². The van der Waals surface area contributed by atoms with Crippen LogP contribution in [-0.4, -0.2) is 24.5 Å². The van der Waals surface area contributed by atoms with Crippen LogP contribution >= 0.6 is 31.9 Å². The van der Waals surface area contributed by atoms with Gasteiger partial charge in [0.05, 0.1) is 28.0 Å². The highest BCUT2D eigenvalue weighted by molar-refractivity contribution is 9.11. The summed E-state index contributed by atoms with van der Waals surface area (Å²) in [6.07, 6.45) is 0.339. The van der Waals surface area contributed by atoms with Gasteiger partial charge in [-0.3, -0.25) is 9.59 Å². The van der Waals surface area contributed by atoms with Gasteiger partial charge in [0.1, 0.15) is 22.7 Å². The molecule has 158 valence electrons. The first-order valence-corrected chi connectivity index (χ1v) is 11.0. The van der Waals surface area contributed by atoms with Gasteiger partial charge in [-0.05, 0) is 58.7 Å². The number of furan rings is 1. The van der Waals surface area contributed by atoms with Gasteiger partial charge in [0.25, 0.3) is 0 Å². The van der Waals surface area contributed by atoms with E-state index in [1.54, 1.807) is 25.3 Å². The molecule has 30 heavy (non-hydrogen) atoms. The fourth-order valence-corrected chi connectivity index (χ4v) is 4.76. The molecule has 0 N–H and O–H groups in total. The number of ketones is 1. The zero-order chi connectivity index (χ0) is 22.1. The zero-order valence-electron chi connectivity index (χ0n) is 17.2. The van der Waals surface area contributed by atoms with E-state index >= 15 is 0 Å². The molecule has 2 aromatic carbocycles. The third-order valence-electron chi connectivity index (χ3n) is 4.35. The normalized spacial score (nSPS) is 11.5. The van der Waals surface area contributed by atoms with Gasteiger partial charge < -0.3 is 13.9 Å². The summed E-state index contributed by atoms with van der Waals surface area (Å²) >= 11 is 7.02. The SMILES string of the molecule is COc1c(Br)cc2oc(CCC(=O)OC(C)(C)C)c(C(=O)c3ccccc3)c2c1Br. The Morgan fingerprint density at radius 2 is 1.77 bits per heavy atom. The number of ether oxygens (including phenoxy) is 2. The Balaban J connectivity index is 2.10. The smallest absolute Gasteiger partial charge is 0.306 e. The largest absolute Gasteiger partial charge is 0.494 e. The number of carbonyl (C=O) groups is 2. The maximum absolute atomic E-state index is 13.4. The first-order valence-electron chi connectivity index (χ1n) is 9.41. The second-order valence-corrected chi connectivity index (χ2v) is 9.41. The second kappa shape index (κ2) is 8.94. The summed E-state index contributed by atoms with van der Waals surface area (Å²) in [6.45, 7) is 5.45. The van der Waals surface area contributed by atoms with Crippen LogP contribution in [0.2, 0.25) is 0 Å². The first-order chi connectivity index (χ1) is 14.1. The lowest BCUT2D eigenvalue weighted by molar-refractivity contribution is -0.154. The van der Waals surface area contributed by atoms with Crippen molar-refractivity contribution in [2.75, 3.05) is 7.11 Å². The molecule has 0 aliphatic carbocycles. The molecule has 1 aromatic heterocycles. The number of aryl methyl sites for hydroxylation is 1. The molecule has 0 saturated carbocycles. The Morgan fingerprint density at radius 1 is 1.10 bits per heavy atom. The van der Waals surface area contributed by atoms with E-state index in [2.05, 4.69) is 31.9 Å². The third-order valence-corrected chi connectivity index (χ3v) is 5.69. The van der Waals surface area contributed by atoms with E-state index in [1.165, 1.54) is 0 Å². The molecule has 7 heteroatoms. The summed E-state index contributed by atoms with van der Waals surface area (Å²) in [7, 11) is 1.55. The van der Waals surface area contributed by atoms with Crippen LogP contribution in [-0.2, 0) is 16.0 Å². The number of carbonyl (C=O) groups excluding carboxylic acids is 2. The van der Waals surface area contributed by atoms with Gasteiger partial charge in [0, 0.05) is 17.4 Å². The predicted octanol–water partition coefficient (Wildman–Crippen LogP) is 6.47. The first kappa shape index (κ1) is 22.6. The quantitative estimate of drug-likeness (QED) is 0.266. The molecule has 0 saturated heterocycles. The van der Waals surface area contributed by atoms with Crippen molar-refractivity contribution in [1.82, 2.24) is 0 Å². The van der Waals surface area contributed by atoms with E-state index in [9.17, 15) is 9.59 Å². The van der Waals surface area contributed by atoms with Gasteiger partial charge in [-0.2, -0.15) is 0 Å². The minimum Gasteiger partial charge on any atom is -0.494 e. The topological polar surface area (TPSA) is 65.7 Å². The highest BCUT2D eigenvalue weighted by Crippen LogP contribution is 2.43. The number of rotatable bonds is 6. The zero-order valence-corrected chi connectivity index (χ0v) is 20.3. The van der Waals surface area contributed by atoms with E-state index < -0.39 is 5.60 Å². The molecule has 0 amide bonds. The molecule has 0 radical (unpaired) electrons. The number of methoxy groups -OCH3 is 1. The number of fused-ring (bicyclic) bond motifs is 1. The summed E-state index contributed by atoms with van der Waals surface area (Å²) in [5, 5.41) is 0.614. The van der Waals surface area contributed by atoms with Crippen molar-refractivity contribution in [3.05, 3.63) is 62.2 Å². The highest BCUT2D eigenvalue weighted by Gasteiger charge is 2.27. The Hall–Kier alpha value is -2.12.